The van der Waals surface area contributed by atoms with Crippen LogP contribution in [0.1, 0.15) is 19.8 Å². The van der Waals surface area contributed by atoms with Crippen molar-refractivity contribution in [3.8, 4) is 0 Å². The van der Waals surface area contributed by atoms with Gasteiger partial charge in [-0.2, -0.15) is 0 Å². The maximum atomic E-state index is 12.6. The lowest BCUT2D eigenvalue weighted by Gasteiger charge is -2.20. The van der Waals surface area contributed by atoms with Crippen LogP contribution in [0.15, 0.2) is 64.4 Å². The molecule has 0 unspecified atom stereocenters. The van der Waals surface area contributed by atoms with Gasteiger partial charge in [0.1, 0.15) is 0 Å². The van der Waals surface area contributed by atoms with Crippen molar-refractivity contribution in [1.29, 1.82) is 0 Å². The number of hydrogen-bond donors (Lipinski definition) is 2. The Morgan fingerprint density at radius 3 is 2.43 bits per heavy atom. The average molecular weight is 327 g/mol. The molecule has 23 heavy (non-hydrogen) atoms. The second-order valence-corrected chi connectivity index (χ2v) is 7.10. The summed E-state index contributed by atoms with van der Waals surface area (Å²) in [6.45, 7) is 4.24. The van der Waals surface area contributed by atoms with Gasteiger partial charge < -0.3 is 10.2 Å². The Kier molecular flexibility index (Phi) is 5.36. The van der Waals surface area contributed by atoms with Crippen LogP contribution < -0.4 is 10.2 Å². The highest BCUT2D eigenvalue weighted by molar-refractivity contribution is 7.99. The van der Waals surface area contributed by atoms with Crippen LogP contribution in [0.2, 0.25) is 0 Å². The molecule has 1 aliphatic rings. The van der Waals surface area contributed by atoms with Crippen molar-refractivity contribution >= 4 is 23.4 Å². The molecule has 1 heterocycles. The summed E-state index contributed by atoms with van der Waals surface area (Å²) in [6, 6.07) is 18.3. The average Bonchev–Trinajstić information content (AvgIpc) is 3.11. The number of quaternary nitrogens is 1. The lowest BCUT2D eigenvalue weighted by molar-refractivity contribution is -0.901. The lowest BCUT2D eigenvalue weighted by atomic mass is 10.2. The van der Waals surface area contributed by atoms with Crippen molar-refractivity contribution in [3.05, 3.63) is 54.6 Å². The molecule has 0 aromatic heterocycles. The van der Waals surface area contributed by atoms with E-state index < -0.39 is 0 Å². The fourth-order valence-electron chi connectivity index (χ4n) is 2.96. The van der Waals surface area contributed by atoms with E-state index in [1.807, 2.05) is 43.3 Å². The highest BCUT2D eigenvalue weighted by Crippen LogP contribution is 2.33. The molecule has 4 heteroatoms. The van der Waals surface area contributed by atoms with Gasteiger partial charge >= 0.3 is 0 Å². The zero-order chi connectivity index (χ0) is 16.1. The number of amides is 1. The molecule has 1 aliphatic heterocycles. The van der Waals surface area contributed by atoms with Crippen molar-refractivity contribution in [3.63, 3.8) is 0 Å². The topological polar surface area (TPSA) is 33.5 Å². The van der Waals surface area contributed by atoms with Gasteiger partial charge in [0.05, 0.1) is 18.8 Å². The predicted octanol–water partition coefficient (Wildman–Crippen LogP) is 2.84. The predicted molar refractivity (Wildman–Crippen MR) is 95.0 cm³/mol. The van der Waals surface area contributed by atoms with Crippen molar-refractivity contribution in [2.45, 2.75) is 35.6 Å². The molecule has 0 aliphatic carbocycles. The van der Waals surface area contributed by atoms with Crippen molar-refractivity contribution in [1.82, 2.24) is 0 Å². The number of rotatable bonds is 5. The number of benzene rings is 2. The molecule has 3 rings (SSSR count). The summed E-state index contributed by atoms with van der Waals surface area (Å²) in [6.07, 6.45) is 2.46. The van der Waals surface area contributed by atoms with Crippen LogP contribution in [0.3, 0.4) is 0 Å². The van der Waals surface area contributed by atoms with Gasteiger partial charge in [-0.15, -0.1) is 0 Å². The van der Waals surface area contributed by atoms with E-state index in [2.05, 4.69) is 23.5 Å². The Bertz CT molecular complexity index is 653. The van der Waals surface area contributed by atoms with Gasteiger partial charge in [-0.3, -0.25) is 4.79 Å². The van der Waals surface area contributed by atoms with Crippen LogP contribution in [0.4, 0.5) is 5.69 Å². The van der Waals surface area contributed by atoms with Gasteiger partial charge in [-0.05, 0) is 31.2 Å². The van der Waals surface area contributed by atoms with E-state index in [0.29, 0.717) is 0 Å². The van der Waals surface area contributed by atoms with E-state index in [1.54, 1.807) is 11.8 Å². The number of para-hydroxylation sites is 1. The Labute approximate surface area is 142 Å². The third-order valence-corrected chi connectivity index (χ3v) is 5.45. The largest absolute Gasteiger partial charge is 0.325 e. The Hall–Kier alpha value is -1.78. The molecule has 0 spiro atoms. The highest BCUT2D eigenvalue weighted by Gasteiger charge is 2.28. The molecule has 0 bridgehead atoms. The summed E-state index contributed by atoms with van der Waals surface area (Å²) in [5, 5.41) is 3.13. The molecule has 0 saturated carbocycles. The molecule has 2 aromatic rings. The normalized spacial score (nSPS) is 16.2. The molecule has 120 valence electrons. The molecule has 1 saturated heterocycles. The standard InChI is InChI=1S/C19H22N2OS/c1-15(21-13-7-8-14-21)19(22)20-17-11-5-6-12-18(17)23-16-9-3-2-4-10-16/h2-6,9-12,15H,7-8,13-14H2,1H3,(H,20,22)/p+1/t15-/m0/s1. The minimum atomic E-state index is 0.00674. The fourth-order valence-corrected chi connectivity index (χ4v) is 3.89. The summed E-state index contributed by atoms with van der Waals surface area (Å²) in [5.41, 5.74) is 0.900. The molecule has 2 N–H and O–H groups in total. The Morgan fingerprint density at radius 1 is 1.04 bits per heavy atom. The molecular formula is C19H23N2OS+. The van der Waals surface area contributed by atoms with Crippen LogP contribution in [-0.2, 0) is 4.79 Å². The van der Waals surface area contributed by atoms with Crippen molar-refractivity contribution in [2.75, 3.05) is 18.4 Å². The number of carbonyl (C=O) groups excluding carboxylic acids is 1. The molecule has 0 radical (unpaired) electrons. The first-order valence-corrected chi connectivity index (χ1v) is 9.03. The van der Waals surface area contributed by atoms with Crippen molar-refractivity contribution in [2.24, 2.45) is 0 Å². The second kappa shape index (κ2) is 7.66. The zero-order valence-corrected chi connectivity index (χ0v) is 14.2. The Balaban J connectivity index is 1.71. The number of hydrogen-bond acceptors (Lipinski definition) is 2. The van der Waals surface area contributed by atoms with Crippen LogP contribution in [0.25, 0.3) is 0 Å². The van der Waals surface area contributed by atoms with Gasteiger partial charge in [-0.1, -0.05) is 42.1 Å². The highest BCUT2D eigenvalue weighted by atomic mass is 32.2. The van der Waals surface area contributed by atoms with Crippen LogP contribution in [0, 0.1) is 0 Å². The smallest absolute Gasteiger partial charge is 0.282 e. The summed E-state index contributed by atoms with van der Waals surface area (Å²) < 4.78 is 0. The van der Waals surface area contributed by atoms with E-state index in [-0.39, 0.29) is 11.9 Å². The van der Waals surface area contributed by atoms with Crippen LogP contribution >= 0.6 is 11.8 Å². The SMILES string of the molecule is C[C@@H](C(=O)Nc1ccccc1Sc1ccccc1)[NH+]1CCCC1. The van der Waals surface area contributed by atoms with E-state index >= 15 is 0 Å². The summed E-state index contributed by atoms with van der Waals surface area (Å²) in [7, 11) is 0. The Morgan fingerprint density at radius 2 is 1.70 bits per heavy atom. The molecule has 1 atom stereocenters. The van der Waals surface area contributed by atoms with Crippen LogP contribution in [0.5, 0.6) is 0 Å². The zero-order valence-electron chi connectivity index (χ0n) is 13.4. The summed E-state index contributed by atoms with van der Waals surface area (Å²) >= 11 is 1.68. The fraction of sp³-hybridized carbons (Fsp3) is 0.316. The molecule has 2 aromatic carbocycles. The van der Waals surface area contributed by atoms with Gasteiger partial charge in [-0.25, -0.2) is 0 Å². The minimum Gasteiger partial charge on any atom is -0.325 e. The summed E-state index contributed by atoms with van der Waals surface area (Å²) in [5.74, 6) is 0.114. The number of nitrogens with one attached hydrogen (secondary N) is 2. The quantitative estimate of drug-likeness (QED) is 0.885. The number of likely N-dealkylation sites (tertiary alicyclic amines) is 1. The molecule has 3 nitrogen and oxygen atoms in total. The van der Waals surface area contributed by atoms with E-state index in [0.717, 1.165) is 23.7 Å². The molecule has 1 amide bonds. The van der Waals surface area contributed by atoms with E-state index in [9.17, 15) is 4.79 Å². The third-order valence-electron chi connectivity index (χ3n) is 4.37. The van der Waals surface area contributed by atoms with Gasteiger partial charge in [0.25, 0.3) is 5.91 Å². The van der Waals surface area contributed by atoms with E-state index in [1.165, 1.54) is 22.6 Å². The number of carbonyl (C=O) groups is 1. The maximum absolute atomic E-state index is 12.6. The number of anilines is 1. The maximum Gasteiger partial charge on any atom is 0.282 e. The monoisotopic (exact) mass is 327 g/mol. The van der Waals surface area contributed by atoms with Crippen molar-refractivity contribution < 1.29 is 9.69 Å². The van der Waals surface area contributed by atoms with Gasteiger partial charge in [0.2, 0.25) is 0 Å². The third kappa shape index (κ3) is 4.15. The van der Waals surface area contributed by atoms with Gasteiger partial charge in [0, 0.05) is 22.6 Å². The first-order valence-electron chi connectivity index (χ1n) is 8.21. The van der Waals surface area contributed by atoms with Gasteiger partial charge in [0.15, 0.2) is 6.04 Å². The van der Waals surface area contributed by atoms with Crippen LogP contribution in [-0.4, -0.2) is 25.0 Å². The lowest BCUT2D eigenvalue weighted by Crippen LogP contribution is -3.14. The summed E-state index contributed by atoms with van der Waals surface area (Å²) in [4.78, 5) is 16.2. The first-order chi connectivity index (χ1) is 11.2. The minimum absolute atomic E-state index is 0.00674. The van der Waals surface area contributed by atoms with E-state index in [4.69, 9.17) is 0 Å². The first kappa shape index (κ1) is 16.1. The second-order valence-electron chi connectivity index (χ2n) is 5.99. The molecule has 1 fully saturated rings. The molecular weight excluding hydrogens is 304 g/mol.